The number of nitrogens with two attached hydrogens (primary N) is 1. The zero-order valence-electron chi connectivity index (χ0n) is 11.7. The van der Waals surface area contributed by atoms with Gasteiger partial charge in [-0.3, -0.25) is 4.79 Å². The highest BCUT2D eigenvalue weighted by Gasteiger charge is 2.14. The smallest absolute Gasteiger partial charge is 0.225 e. The van der Waals surface area contributed by atoms with Gasteiger partial charge in [-0.1, -0.05) is 42.5 Å². The van der Waals surface area contributed by atoms with Crippen LogP contribution in [0.2, 0.25) is 0 Å². The monoisotopic (exact) mass is 268 g/mol. The van der Waals surface area contributed by atoms with Crippen molar-refractivity contribution in [2.45, 2.75) is 19.3 Å². The molecule has 0 aliphatic carbocycles. The summed E-state index contributed by atoms with van der Waals surface area (Å²) < 4.78 is 0. The number of benzene rings is 2. The predicted octanol–water partition coefficient (Wildman–Crippen LogP) is 3.07. The zero-order chi connectivity index (χ0) is 14.4. The van der Waals surface area contributed by atoms with Gasteiger partial charge in [0.05, 0.1) is 0 Å². The highest BCUT2D eigenvalue weighted by Crippen LogP contribution is 2.19. The minimum absolute atomic E-state index is 0.00472. The minimum Gasteiger partial charge on any atom is -0.330 e. The Hall–Kier alpha value is -2.13. The normalized spacial score (nSPS) is 11.9. The maximum atomic E-state index is 12.1. The van der Waals surface area contributed by atoms with Gasteiger partial charge in [0.15, 0.2) is 0 Å². The van der Waals surface area contributed by atoms with Crippen molar-refractivity contribution in [3.63, 3.8) is 0 Å². The van der Waals surface area contributed by atoms with E-state index in [1.165, 1.54) is 0 Å². The molecule has 0 spiro atoms. The van der Waals surface area contributed by atoms with E-state index in [1.54, 1.807) is 0 Å². The van der Waals surface area contributed by atoms with Crippen molar-refractivity contribution < 1.29 is 4.79 Å². The van der Waals surface area contributed by atoms with E-state index in [9.17, 15) is 4.79 Å². The van der Waals surface area contributed by atoms with Crippen LogP contribution in [0.5, 0.6) is 0 Å². The Balaban J connectivity index is 2.00. The van der Waals surface area contributed by atoms with Crippen molar-refractivity contribution in [3.8, 4) is 0 Å². The molecule has 0 radical (unpaired) electrons. The summed E-state index contributed by atoms with van der Waals surface area (Å²) in [6, 6.07) is 17.7. The van der Waals surface area contributed by atoms with Crippen LogP contribution < -0.4 is 11.1 Å². The maximum Gasteiger partial charge on any atom is 0.225 e. The molecule has 0 aliphatic rings. The van der Waals surface area contributed by atoms with Gasteiger partial charge in [-0.05, 0) is 36.7 Å². The van der Waals surface area contributed by atoms with Gasteiger partial charge in [0.1, 0.15) is 0 Å². The Morgan fingerprint density at radius 2 is 1.90 bits per heavy atom. The van der Waals surface area contributed by atoms with Crippen molar-refractivity contribution in [1.82, 2.24) is 0 Å². The number of amides is 1. The van der Waals surface area contributed by atoms with Gasteiger partial charge in [0, 0.05) is 18.0 Å². The molecule has 0 aromatic heterocycles. The average Bonchev–Trinajstić information content (AvgIpc) is 2.45. The van der Waals surface area contributed by atoms with Crippen LogP contribution in [0.3, 0.4) is 0 Å². The predicted molar refractivity (Wildman–Crippen MR) is 82.7 cm³/mol. The minimum atomic E-state index is -0.00472. The SMILES string of the molecule is Cc1cccc(NC(=O)CC(CN)c2ccccc2)c1. The topological polar surface area (TPSA) is 55.1 Å². The van der Waals surface area contributed by atoms with E-state index in [-0.39, 0.29) is 11.8 Å². The average molecular weight is 268 g/mol. The van der Waals surface area contributed by atoms with Crippen LogP contribution in [0.4, 0.5) is 5.69 Å². The van der Waals surface area contributed by atoms with Gasteiger partial charge in [0.25, 0.3) is 0 Å². The lowest BCUT2D eigenvalue weighted by atomic mass is 9.95. The van der Waals surface area contributed by atoms with Crippen molar-refractivity contribution in [2.24, 2.45) is 5.73 Å². The first kappa shape index (κ1) is 14.3. The van der Waals surface area contributed by atoms with Gasteiger partial charge >= 0.3 is 0 Å². The number of anilines is 1. The van der Waals surface area contributed by atoms with E-state index in [4.69, 9.17) is 5.73 Å². The summed E-state index contributed by atoms with van der Waals surface area (Å²) >= 11 is 0. The van der Waals surface area contributed by atoms with Crippen LogP contribution in [0, 0.1) is 6.92 Å². The number of hydrogen-bond acceptors (Lipinski definition) is 2. The quantitative estimate of drug-likeness (QED) is 0.875. The van der Waals surface area contributed by atoms with Gasteiger partial charge in [-0.2, -0.15) is 0 Å². The van der Waals surface area contributed by atoms with Crippen LogP contribution >= 0.6 is 0 Å². The molecule has 1 unspecified atom stereocenters. The third-order valence-electron chi connectivity index (χ3n) is 3.29. The fourth-order valence-electron chi connectivity index (χ4n) is 2.22. The highest BCUT2D eigenvalue weighted by molar-refractivity contribution is 5.91. The third-order valence-corrected chi connectivity index (χ3v) is 3.29. The number of rotatable bonds is 5. The summed E-state index contributed by atoms with van der Waals surface area (Å²) in [5.41, 5.74) is 8.85. The second kappa shape index (κ2) is 6.87. The summed E-state index contributed by atoms with van der Waals surface area (Å²) in [7, 11) is 0. The van der Waals surface area contributed by atoms with Crippen LogP contribution in [-0.4, -0.2) is 12.5 Å². The zero-order valence-corrected chi connectivity index (χ0v) is 11.7. The lowest BCUT2D eigenvalue weighted by molar-refractivity contribution is -0.116. The second-order valence-electron chi connectivity index (χ2n) is 4.97. The Labute approximate surface area is 119 Å². The molecule has 2 aromatic rings. The Kier molecular flexibility index (Phi) is 4.91. The molecule has 104 valence electrons. The molecule has 0 saturated carbocycles. The van der Waals surface area contributed by atoms with Crippen LogP contribution in [0.25, 0.3) is 0 Å². The molecule has 3 nitrogen and oxygen atoms in total. The fraction of sp³-hybridized carbons (Fsp3) is 0.235. The van der Waals surface area contributed by atoms with Gasteiger partial charge in [-0.15, -0.1) is 0 Å². The number of carbonyl (C=O) groups is 1. The largest absolute Gasteiger partial charge is 0.330 e. The molecule has 0 fully saturated rings. The van der Waals surface area contributed by atoms with Crippen molar-refractivity contribution in [3.05, 3.63) is 65.7 Å². The van der Waals surface area contributed by atoms with Gasteiger partial charge in [0.2, 0.25) is 5.91 Å². The van der Waals surface area contributed by atoms with Crippen molar-refractivity contribution in [2.75, 3.05) is 11.9 Å². The molecule has 1 atom stereocenters. The Morgan fingerprint density at radius 3 is 2.55 bits per heavy atom. The summed E-state index contributed by atoms with van der Waals surface area (Å²) in [5, 5.41) is 2.92. The van der Waals surface area contributed by atoms with E-state index in [2.05, 4.69) is 5.32 Å². The molecule has 2 aromatic carbocycles. The molecular formula is C17H20N2O. The first-order valence-electron chi connectivity index (χ1n) is 6.80. The standard InChI is InChI=1S/C17H20N2O/c1-13-6-5-9-16(10-13)19-17(20)11-15(12-18)14-7-3-2-4-8-14/h2-10,15H,11-12,18H2,1H3,(H,19,20). The lowest BCUT2D eigenvalue weighted by Crippen LogP contribution is -2.20. The molecular weight excluding hydrogens is 248 g/mol. The van der Waals surface area contributed by atoms with E-state index in [1.807, 2.05) is 61.5 Å². The molecule has 0 aliphatic heterocycles. The highest BCUT2D eigenvalue weighted by atomic mass is 16.1. The third kappa shape index (κ3) is 3.93. The molecule has 3 heteroatoms. The van der Waals surface area contributed by atoms with E-state index < -0.39 is 0 Å². The van der Waals surface area contributed by atoms with E-state index in [0.29, 0.717) is 13.0 Å². The number of hydrogen-bond donors (Lipinski definition) is 2. The number of aryl methyl sites for hydroxylation is 1. The molecule has 20 heavy (non-hydrogen) atoms. The van der Waals surface area contributed by atoms with E-state index in [0.717, 1.165) is 16.8 Å². The van der Waals surface area contributed by atoms with E-state index >= 15 is 0 Å². The van der Waals surface area contributed by atoms with Gasteiger partial charge in [-0.25, -0.2) is 0 Å². The molecule has 3 N–H and O–H groups in total. The number of nitrogens with one attached hydrogen (secondary N) is 1. The Bertz CT molecular complexity index is 566. The van der Waals surface area contributed by atoms with Crippen molar-refractivity contribution in [1.29, 1.82) is 0 Å². The molecule has 0 bridgehead atoms. The van der Waals surface area contributed by atoms with Crippen LogP contribution in [0.1, 0.15) is 23.5 Å². The van der Waals surface area contributed by atoms with Gasteiger partial charge < -0.3 is 11.1 Å². The van der Waals surface area contributed by atoms with Crippen LogP contribution in [-0.2, 0) is 4.79 Å². The number of carbonyl (C=O) groups excluding carboxylic acids is 1. The summed E-state index contributed by atoms with van der Waals surface area (Å²) in [6.45, 7) is 2.47. The first-order valence-corrected chi connectivity index (χ1v) is 6.80. The first-order chi connectivity index (χ1) is 9.69. The lowest BCUT2D eigenvalue weighted by Gasteiger charge is -2.15. The molecule has 0 saturated heterocycles. The van der Waals surface area contributed by atoms with Crippen molar-refractivity contribution >= 4 is 11.6 Å². The molecule has 1 amide bonds. The molecule has 2 rings (SSSR count). The summed E-state index contributed by atoms with van der Waals surface area (Å²) in [5.74, 6) is 0.0518. The Morgan fingerprint density at radius 1 is 1.15 bits per heavy atom. The fourth-order valence-corrected chi connectivity index (χ4v) is 2.22. The summed E-state index contributed by atoms with van der Waals surface area (Å²) in [6.07, 6.45) is 0.397. The molecule has 0 heterocycles. The second-order valence-corrected chi connectivity index (χ2v) is 4.97. The maximum absolute atomic E-state index is 12.1. The summed E-state index contributed by atoms with van der Waals surface area (Å²) in [4.78, 5) is 12.1. The van der Waals surface area contributed by atoms with Crippen LogP contribution in [0.15, 0.2) is 54.6 Å².